The second kappa shape index (κ2) is 8.92. The van der Waals surface area contributed by atoms with Crippen LogP contribution in [0.2, 0.25) is 0 Å². The average Bonchev–Trinajstić information content (AvgIpc) is 2.45. The fourth-order valence-corrected chi connectivity index (χ4v) is 1.92. The highest BCUT2D eigenvalue weighted by Crippen LogP contribution is 2.21. The molecule has 0 atom stereocenters. The zero-order valence-corrected chi connectivity index (χ0v) is 12.0. The van der Waals surface area contributed by atoms with Gasteiger partial charge in [0.25, 0.3) is 0 Å². The lowest BCUT2D eigenvalue weighted by molar-refractivity contribution is -0.136. The van der Waals surface area contributed by atoms with Crippen molar-refractivity contribution >= 4 is 11.7 Å². The van der Waals surface area contributed by atoms with E-state index < -0.39 is 5.97 Å². The Kier molecular flexibility index (Phi) is 7.18. The van der Waals surface area contributed by atoms with Crippen molar-refractivity contribution in [1.82, 2.24) is 5.32 Å². The third-order valence-electron chi connectivity index (χ3n) is 2.89. The molecule has 0 aliphatic heterocycles. The Morgan fingerprint density at radius 2 is 2.00 bits per heavy atom. The summed E-state index contributed by atoms with van der Waals surface area (Å²) in [5.41, 5.74) is 1.39. The van der Waals surface area contributed by atoms with E-state index in [-0.39, 0.29) is 12.2 Å². The minimum Gasteiger partial charge on any atom is -0.481 e. The lowest BCUT2D eigenvalue weighted by Gasteiger charge is -2.23. The molecule has 5 heteroatoms. The largest absolute Gasteiger partial charge is 0.481 e. The number of carboxylic acid groups (broad SMARTS) is 1. The van der Waals surface area contributed by atoms with Crippen molar-refractivity contribution in [3.63, 3.8) is 0 Å². The first-order chi connectivity index (χ1) is 10.1. The van der Waals surface area contributed by atoms with Gasteiger partial charge in [0.05, 0.1) is 12.1 Å². The Bertz CT molecular complexity index is 493. The van der Waals surface area contributed by atoms with Crippen LogP contribution in [0.15, 0.2) is 43.5 Å². The summed E-state index contributed by atoms with van der Waals surface area (Å²) in [4.78, 5) is 12.3. The van der Waals surface area contributed by atoms with Crippen LogP contribution in [-0.2, 0) is 11.3 Å². The Morgan fingerprint density at radius 3 is 2.57 bits per heavy atom. The number of rotatable bonds is 10. The maximum atomic E-state index is 14.0. The molecule has 2 N–H and O–H groups in total. The molecule has 0 spiro atoms. The van der Waals surface area contributed by atoms with Crippen molar-refractivity contribution in [3.8, 4) is 0 Å². The number of nitrogens with zero attached hydrogens (tertiary/aromatic N) is 1. The standard InChI is InChI=1S/C16H21FN2O2/c1-3-9-19(10-4-2)15-11-13(5-6-14(15)17)12-18-8-7-16(20)21/h3-6,11,18H,1-2,7-10,12H2,(H,20,21). The molecule has 1 aromatic rings. The minimum atomic E-state index is -0.842. The predicted molar refractivity (Wildman–Crippen MR) is 83.0 cm³/mol. The molecule has 1 aromatic carbocycles. The lowest BCUT2D eigenvalue weighted by atomic mass is 10.1. The summed E-state index contributed by atoms with van der Waals surface area (Å²) in [5.74, 6) is -1.14. The van der Waals surface area contributed by atoms with Crippen molar-refractivity contribution in [2.75, 3.05) is 24.5 Å². The number of hydrogen-bond donors (Lipinski definition) is 2. The molecule has 1 rings (SSSR count). The predicted octanol–water partition coefficient (Wildman–Crippen LogP) is 2.57. The molecular weight excluding hydrogens is 271 g/mol. The molecular formula is C16H21FN2O2. The van der Waals surface area contributed by atoms with E-state index in [1.807, 2.05) is 4.90 Å². The number of anilines is 1. The third kappa shape index (κ3) is 5.79. The number of carboxylic acids is 1. The van der Waals surface area contributed by atoms with Gasteiger partial charge in [0.15, 0.2) is 0 Å². The molecule has 21 heavy (non-hydrogen) atoms. The second-order valence-electron chi connectivity index (χ2n) is 4.59. The van der Waals surface area contributed by atoms with Gasteiger partial charge in [-0.15, -0.1) is 13.2 Å². The van der Waals surface area contributed by atoms with Gasteiger partial charge in [-0.2, -0.15) is 0 Å². The van der Waals surface area contributed by atoms with E-state index in [0.717, 1.165) is 5.56 Å². The van der Waals surface area contributed by atoms with Crippen LogP contribution in [0.1, 0.15) is 12.0 Å². The van der Waals surface area contributed by atoms with Gasteiger partial charge < -0.3 is 15.3 Å². The van der Waals surface area contributed by atoms with Crippen molar-refractivity contribution < 1.29 is 14.3 Å². The van der Waals surface area contributed by atoms with Gasteiger partial charge in [-0.1, -0.05) is 18.2 Å². The Morgan fingerprint density at radius 1 is 1.33 bits per heavy atom. The molecule has 0 radical (unpaired) electrons. The number of nitrogens with one attached hydrogen (secondary N) is 1. The Balaban J connectivity index is 2.75. The minimum absolute atomic E-state index is 0.0626. The maximum Gasteiger partial charge on any atom is 0.304 e. The summed E-state index contributed by atoms with van der Waals surface area (Å²) in [5, 5.41) is 11.6. The molecule has 0 aromatic heterocycles. The third-order valence-corrected chi connectivity index (χ3v) is 2.89. The first kappa shape index (κ1) is 16.9. The van der Waals surface area contributed by atoms with Crippen LogP contribution in [0.25, 0.3) is 0 Å². The van der Waals surface area contributed by atoms with E-state index in [4.69, 9.17) is 5.11 Å². The fraction of sp³-hybridized carbons (Fsp3) is 0.312. The Hall–Kier alpha value is -2.14. The van der Waals surface area contributed by atoms with Crippen LogP contribution >= 0.6 is 0 Å². The number of carbonyl (C=O) groups is 1. The second-order valence-corrected chi connectivity index (χ2v) is 4.59. The van der Waals surface area contributed by atoms with Crippen LogP contribution in [0.4, 0.5) is 10.1 Å². The molecule has 0 fully saturated rings. The smallest absolute Gasteiger partial charge is 0.304 e. The molecule has 0 bridgehead atoms. The molecule has 0 saturated heterocycles. The van der Waals surface area contributed by atoms with Crippen molar-refractivity contribution in [2.24, 2.45) is 0 Å². The van der Waals surface area contributed by atoms with Gasteiger partial charge in [0.2, 0.25) is 0 Å². The van der Waals surface area contributed by atoms with Gasteiger partial charge in [-0.05, 0) is 17.7 Å². The number of halogens is 1. The number of hydrogen-bond acceptors (Lipinski definition) is 3. The molecule has 0 aliphatic rings. The molecule has 114 valence electrons. The first-order valence-corrected chi connectivity index (χ1v) is 6.76. The Labute approximate surface area is 124 Å². The monoisotopic (exact) mass is 292 g/mol. The van der Waals surface area contributed by atoms with Crippen molar-refractivity contribution in [2.45, 2.75) is 13.0 Å². The number of benzene rings is 1. The summed E-state index contributed by atoms with van der Waals surface area (Å²) >= 11 is 0. The van der Waals surface area contributed by atoms with Gasteiger partial charge in [-0.3, -0.25) is 4.79 Å². The maximum absolute atomic E-state index is 14.0. The van der Waals surface area contributed by atoms with Gasteiger partial charge in [0.1, 0.15) is 5.82 Å². The summed E-state index contributed by atoms with van der Waals surface area (Å²) in [7, 11) is 0. The highest BCUT2D eigenvalue weighted by Gasteiger charge is 2.10. The average molecular weight is 292 g/mol. The quantitative estimate of drug-likeness (QED) is 0.514. The van der Waals surface area contributed by atoms with Crippen LogP contribution < -0.4 is 10.2 Å². The zero-order chi connectivity index (χ0) is 15.7. The summed E-state index contributed by atoms with van der Waals surface area (Å²) < 4.78 is 14.0. The first-order valence-electron chi connectivity index (χ1n) is 6.76. The van der Waals surface area contributed by atoms with Crippen LogP contribution in [0, 0.1) is 5.82 Å². The normalized spacial score (nSPS) is 10.1. The van der Waals surface area contributed by atoms with Crippen molar-refractivity contribution in [3.05, 3.63) is 54.9 Å². The highest BCUT2D eigenvalue weighted by molar-refractivity contribution is 5.66. The molecule has 0 aliphatic carbocycles. The van der Waals surface area contributed by atoms with Gasteiger partial charge in [-0.25, -0.2) is 4.39 Å². The van der Waals surface area contributed by atoms with E-state index in [1.165, 1.54) is 6.07 Å². The van der Waals surface area contributed by atoms with E-state index >= 15 is 0 Å². The van der Waals surface area contributed by atoms with Gasteiger partial charge in [0, 0.05) is 26.2 Å². The summed E-state index contributed by atoms with van der Waals surface area (Å²) in [6.45, 7) is 9.27. The van der Waals surface area contributed by atoms with E-state index in [1.54, 1.807) is 24.3 Å². The molecule has 4 nitrogen and oxygen atoms in total. The fourth-order valence-electron chi connectivity index (χ4n) is 1.92. The molecule has 0 unspecified atom stereocenters. The summed E-state index contributed by atoms with van der Waals surface area (Å²) in [6, 6.07) is 4.87. The van der Waals surface area contributed by atoms with Crippen LogP contribution in [0.5, 0.6) is 0 Å². The zero-order valence-electron chi connectivity index (χ0n) is 12.0. The van der Waals surface area contributed by atoms with E-state index in [0.29, 0.717) is 31.9 Å². The molecule has 0 heterocycles. The van der Waals surface area contributed by atoms with Gasteiger partial charge >= 0.3 is 5.97 Å². The summed E-state index contributed by atoms with van der Waals surface area (Å²) in [6.07, 6.45) is 3.48. The van der Waals surface area contributed by atoms with Crippen LogP contribution in [-0.4, -0.2) is 30.7 Å². The lowest BCUT2D eigenvalue weighted by Crippen LogP contribution is -2.24. The van der Waals surface area contributed by atoms with Crippen LogP contribution in [0.3, 0.4) is 0 Å². The highest BCUT2D eigenvalue weighted by atomic mass is 19.1. The van der Waals surface area contributed by atoms with E-state index in [9.17, 15) is 9.18 Å². The SMILES string of the molecule is C=CCN(CC=C)c1cc(CNCCC(=O)O)ccc1F. The molecule has 0 amide bonds. The molecule has 0 saturated carbocycles. The van der Waals surface area contributed by atoms with E-state index in [2.05, 4.69) is 18.5 Å². The topological polar surface area (TPSA) is 52.6 Å². The number of aliphatic carboxylic acids is 1. The van der Waals surface area contributed by atoms with Crippen molar-refractivity contribution in [1.29, 1.82) is 0 Å².